The highest BCUT2D eigenvalue weighted by Crippen LogP contribution is 2.27. The molecule has 0 saturated heterocycles. The van der Waals surface area contributed by atoms with Crippen molar-refractivity contribution in [2.75, 3.05) is 24.6 Å². The van der Waals surface area contributed by atoms with E-state index >= 15 is 0 Å². The van der Waals surface area contributed by atoms with E-state index in [4.69, 9.17) is 16.3 Å². The number of benzene rings is 2. The maximum absolute atomic E-state index is 12.5. The zero-order valence-electron chi connectivity index (χ0n) is 14.6. The molecule has 1 aliphatic rings. The molecule has 2 aromatic carbocycles. The van der Waals surface area contributed by atoms with Gasteiger partial charge in [-0.2, -0.15) is 0 Å². The van der Waals surface area contributed by atoms with Crippen LogP contribution in [0.15, 0.2) is 36.4 Å². The smallest absolute Gasteiger partial charge is 0.321 e. The number of nitrogens with one attached hydrogen (secondary N) is 1. The monoisotopic (exact) mass is 358 g/mol. The molecule has 3 rings (SSSR count). The first-order valence-corrected chi connectivity index (χ1v) is 8.97. The third-order valence-electron chi connectivity index (χ3n) is 4.41. The maximum Gasteiger partial charge on any atom is 0.321 e. The molecule has 1 N–H and O–H groups in total. The Morgan fingerprint density at radius 2 is 1.96 bits per heavy atom. The molecular weight excluding hydrogens is 336 g/mol. The van der Waals surface area contributed by atoms with Gasteiger partial charge >= 0.3 is 6.03 Å². The van der Waals surface area contributed by atoms with Gasteiger partial charge in [-0.3, -0.25) is 4.90 Å². The van der Waals surface area contributed by atoms with Crippen LogP contribution in [-0.2, 0) is 6.42 Å². The zero-order valence-corrected chi connectivity index (χ0v) is 15.4. The van der Waals surface area contributed by atoms with E-state index in [0.29, 0.717) is 13.2 Å². The maximum atomic E-state index is 12.5. The minimum absolute atomic E-state index is 0.0702. The van der Waals surface area contributed by atoms with Gasteiger partial charge in [-0.05, 0) is 61.6 Å². The lowest BCUT2D eigenvalue weighted by molar-refractivity contribution is 0.241. The Hall–Kier alpha value is -2.20. The highest BCUT2D eigenvalue weighted by molar-refractivity contribution is 6.32. The number of carbonyl (C=O) groups is 1. The van der Waals surface area contributed by atoms with Crippen molar-refractivity contribution in [2.45, 2.75) is 26.7 Å². The largest absolute Gasteiger partial charge is 0.492 e. The molecule has 0 fully saturated rings. The number of ether oxygens (including phenoxy) is 1. The molecule has 0 saturated carbocycles. The quantitative estimate of drug-likeness (QED) is 0.818. The van der Waals surface area contributed by atoms with E-state index in [-0.39, 0.29) is 6.03 Å². The predicted octanol–water partition coefficient (Wildman–Crippen LogP) is 4.50. The molecule has 1 heterocycles. The lowest BCUT2D eigenvalue weighted by Crippen LogP contribution is -2.44. The summed E-state index contributed by atoms with van der Waals surface area (Å²) in [5.41, 5.74) is 4.22. The first-order chi connectivity index (χ1) is 12.1. The predicted molar refractivity (Wildman–Crippen MR) is 102 cm³/mol. The van der Waals surface area contributed by atoms with E-state index in [2.05, 4.69) is 11.4 Å². The van der Waals surface area contributed by atoms with Crippen LogP contribution in [0.3, 0.4) is 0 Å². The topological polar surface area (TPSA) is 41.6 Å². The van der Waals surface area contributed by atoms with E-state index in [0.717, 1.165) is 47.0 Å². The minimum atomic E-state index is -0.0702. The van der Waals surface area contributed by atoms with Crippen molar-refractivity contribution in [3.05, 3.63) is 58.1 Å². The number of hydrogen-bond donors (Lipinski definition) is 1. The van der Waals surface area contributed by atoms with Crippen LogP contribution < -0.4 is 15.0 Å². The number of carbonyl (C=O) groups excluding carboxylic acids is 1. The van der Waals surface area contributed by atoms with Gasteiger partial charge in [0.2, 0.25) is 0 Å². The average Bonchev–Trinajstić information content (AvgIpc) is 2.62. The van der Waals surface area contributed by atoms with Crippen LogP contribution in [0.25, 0.3) is 0 Å². The molecule has 2 aromatic rings. The summed E-state index contributed by atoms with van der Waals surface area (Å²) in [5.74, 6) is 0.775. The van der Waals surface area contributed by atoms with Gasteiger partial charge in [-0.1, -0.05) is 29.8 Å². The Labute approximate surface area is 153 Å². The highest BCUT2D eigenvalue weighted by atomic mass is 35.5. The summed E-state index contributed by atoms with van der Waals surface area (Å²) in [6, 6.07) is 11.8. The summed E-state index contributed by atoms with van der Waals surface area (Å²) in [5, 5.41) is 3.71. The van der Waals surface area contributed by atoms with Gasteiger partial charge in [0.15, 0.2) is 0 Å². The summed E-state index contributed by atoms with van der Waals surface area (Å²) >= 11 is 6.16. The molecular formula is C20H23ClN2O2. The molecule has 132 valence electrons. The fourth-order valence-electron chi connectivity index (χ4n) is 3.16. The summed E-state index contributed by atoms with van der Waals surface area (Å²) in [7, 11) is 0. The second kappa shape index (κ2) is 7.79. The van der Waals surface area contributed by atoms with Crippen LogP contribution in [0, 0.1) is 13.8 Å². The van der Waals surface area contributed by atoms with Crippen molar-refractivity contribution >= 4 is 23.3 Å². The number of nitrogens with zero attached hydrogens (tertiary/aromatic N) is 1. The SMILES string of the molecule is Cc1cc(OCCNC(=O)N2CCCc3ccccc32)cc(C)c1Cl. The Bertz CT molecular complexity index is 753. The van der Waals surface area contributed by atoms with E-state index in [9.17, 15) is 4.79 Å². The molecule has 0 unspecified atom stereocenters. The van der Waals surface area contributed by atoms with Gasteiger partial charge in [0.25, 0.3) is 0 Å². The first-order valence-electron chi connectivity index (χ1n) is 8.59. The molecule has 4 nitrogen and oxygen atoms in total. The molecule has 0 bridgehead atoms. The number of rotatable bonds is 4. The van der Waals surface area contributed by atoms with Crippen molar-refractivity contribution < 1.29 is 9.53 Å². The number of halogens is 1. The minimum Gasteiger partial charge on any atom is -0.492 e. The van der Waals surface area contributed by atoms with Crippen molar-refractivity contribution in [2.24, 2.45) is 0 Å². The number of amides is 2. The van der Waals surface area contributed by atoms with Gasteiger partial charge in [0.05, 0.1) is 6.54 Å². The molecule has 0 radical (unpaired) electrons. The second-order valence-corrected chi connectivity index (χ2v) is 6.71. The van der Waals surface area contributed by atoms with E-state index in [1.807, 2.05) is 49.1 Å². The van der Waals surface area contributed by atoms with Crippen LogP contribution in [0.4, 0.5) is 10.5 Å². The third-order valence-corrected chi connectivity index (χ3v) is 5.01. The summed E-state index contributed by atoms with van der Waals surface area (Å²) in [6.45, 7) is 5.54. The molecule has 1 aliphatic heterocycles. The number of anilines is 1. The van der Waals surface area contributed by atoms with Gasteiger partial charge in [-0.25, -0.2) is 4.79 Å². The standard InChI is InChI=1S/C20H23ClN2O2/c1-14-12-17(13-15(2)19(14)21)25-11-9-22-20(24)23-10-5-7-16-6-3-4-8-18(16)23/h3-4,6,8,12-13H,5,7,9-11H2,1-2H3,(H,22,24). The zero-order chi connectivity index (χ0) is 17.8. The Balaban J connectivity index is 1.52. The first kappa shape index (κ1) is 17.6. The molecule has 0 aromatic heterocycles. The van der Waals surface area contributed by atoms with Crippen molar-refractivity contribution in [3.8, 4) is 5.75 Å². The van der Waals surface area contributed by atoms with Crippen LogP contribution in [-0.4, -0.2) is 25.7 Å². The number of hydrogen-bond acceptors (Lipinski definition) is 2. The van der Waals surface area contributed by atoms with E-state index < -0.39 is 0 Å². The summed E-state index contributed by atoms with van der Waals surface area (Å²) in [4.78, 5) is 14.3. The lowest BCUT2D eigenvalue weighted by atomic mass is 10.0. The highest BCUT2D eigenvalue weighted by Gasteiger charge is 2.21. The van der Waals surface area contributed by atoms with Crippen LogP contribution in [0.1, 0.15) is 23.1 Å². The molecule has 5 heteroatoms. The second-order valence-electron chi connectivity index (χ2n) is 6.34. The fraction of sp³-hybridized carbons (Fsp3) is 0.350. The number of fused-ring (bicyclic) bond motifs is 1. The lowest BCUT2D eigenvalue weighted by Gasteiger charge is -2.29. The van der Waals surface area contributed by atoms with E-state index in [1.165, 1.54) is 5.56 Å². The van der Waals surface area contributed by atoms with Gasteiger partial charge in [-0.15, -0.1) is 0 Å². The van der Waals surface area contributed by atoms with E-state index in [1.54, 1.807) is 0 Å². The molecule has 25 heavy (non-hydrogen) atoms. The summed E-state index contributed by atoms with van der Waals surface area (Å²) < 4.78 is 5.74. The Morgan fingerprint density at radius 3 is 2.72 bits per heavy atom. The van der Waals surface area contributed by atoms with Gasteiger partial charge in [0.1, 0.15) is 12.4 Å². The molecule has 0 atom stereocenters. The Morgan fingerprint density at radius 1 is 1.24 bits per heavy atom. The molecule has 2 amide bonds. The Kier molecular flexibility index (Phi) is 5.49. The van der Waals surface area contributed by atoms with Crippen molar-refractivity contribution in [1.82, 2.24) is 5.32 Å². The average molecular weight is 359 g/mol. The van der Waals surface area contributed by atoms with Gasteiger partial charge in [0, 0.05) is 17.3 Å². The van der Waals surface area contributed by atoms with Crippen molar-refractivity contribution in [3.63, 3.8) is 0 Å². The van der Waals surface area contributed by atoms with Gasteiger partial charge < -0.3 is 10.1 Å². The third kappa shape index (κ3) is 4.07. The van der Waals surface area contributed by atoms with Crippen LogP contribution in [0.2, 0.25) is 5.02 Å². The number of aryl methyl sites for hydroxylation is 3. The summed E-state index contributed by atoms with van der Waals surface area (Å²) in [6.07, 6.45) is 2.02. The van der Waals surface area contributed by atoms with Crippen LogP contribution >= 0.6 is 11.6 Å². The molecule has 0 spiro atoms. The fourth-order valence-corrected chi connectivity index (χ4v) is 3.27. The van der Waals surface area contributed by atoms with Crippen molar-refractivity contribution in [1.29, 1.82) is 0 Å². The number of para-hydroxylation sites is 1. The van der Waals surface area contributed by atoms with Crippen LogP contribution in [0.5, 0.6) is 5.75 Å². The number of urea groups is 1. The molecule has 0 aliphatic carbocycles. The normalized spacial score (nSPS) is 13.3.